The summed E-state index contributed by atoms with van der Waals surface area (Å²) in [6.45, 7) is 2.33. The van der Waals surface area contributed by atoms with Crippen LogP contribution in [0.25, 0.3) is 10.1 Å². The Bertz CT molecular complexity index is 491. The zero-order valence-electron chi connectivity index (χ0n) is 9.44. The topological polar surface area (TPSA) is 24.9 Å². The highest BCUT2D eigenvalue weighted by Crippen LogP contribution is 2.31. The van der Waals surface area contributed by atoms with Crippen molar-refractivity contribution in [2.75, 3.05) is 5.32 Å². The van der Waals surface area contributed by atoms with Crippen molar-refractivity contribution in [3.63, 3.8) is 0 Å². The van der Waals surface area contributed by atoms with E-state index in [4.69, 9.17) is 0 Å². The van der Waals surface area contributed by atoms with Crippen LogP contribution >= 0.6 is 11.3 Å². The summed E-state index contributed by atoms with van der Waals surface area (Å²) in [6.07, 6.45) is 5.87. The van der Waals surface area contributed by atoms with E-state index in [1.165, 1.54) is 29.3 Å². The predicted molar refractivity (Wildman–Crippen MR) is 70.0 cm³/mol. The normalized spacial score (nSPS) is 25.1. The maximum Gasteiger partial charge on any atom is 0.134 e. The molecule has 16 heavy (non-hydrogen) atoms. The monoisotopic (exact) mass is 232 g/mol. The number of hydrogen-bond donors (Lipinski definition) is 1. The van der Waals surface area contributed by atoms with Crippen molar-refractivity contribution >= 4 is 27.2 Å². The molecule has 2 aromatic heterocycles. The highest BCUT2D eigenvalue weighted by Gasteiger charge is 2.23. The second kappa shape index (κ2) is 4.06. The van der Waals surface area contributed by atoms with Crippen LogP contribution in [-0.2, 0) is 0 Å². The first-order chi connectivity index (χ1) is 7.84. The number of nitrogens with one attached hydrogen (secondary N) is 1. The van der Waals surface area contributed by atoms with E-state index in [9.17, 15) is 0 Å². The summed E-state index contributed by atoms with van der Waals surface area (Å²) in [6, 6.07) is 4.86. The predicted octanol–water partition coefficient (Wildman–Crippen LogP) is 3.90. The lowest BCUT2D eigenvalue weighted by Gasteiger charge is -2.18. The molecular formula is C13H16N2S. The summed E-state index contributed by atoms with van der Waals surface area (Å²) in [7, 11) is 0. The number of thiophene rings is 1. The van der Waals surface area contributed by atoms with Gasteiger partial charge in [-0.2, -0.15) is 0 Å². The molecule has 1 saturated carbocycles. The molecule has 0 aromatic carbocycles. The molecule has 2 aromatic rings. The molecule has 3 rings (SSSR count). The average molecular weight is 232 g/mol. The number of fused-ring (bicyclic) bond motifs is 1. The SMILES string of the molecule is CC1CCCC1Nc1nccc2sccc12. The maximum absolute atomic E-state index is 4.47. The number of nitrogens with zero attached hydrogens (tertiary/aromatic N) is 1. The van der Waals surface area contributed by atoms with Crippen LogP contribution in [-0.4, -0.2) is 11.0 Å². The summed E-state index contributed by atoms with van der Waals surface area (Å²) in [5.74, 6) is 1.84. The van der Waals surface area contributed by atoms with Crippen molar-refractivity contribution in [2.45, 2.75) is 32.2 Å². The molecule has 0 radical (unpaired) electrons. The van der Waals surface area contributed by atoms with Crippen molar-refractivity contribution in [1.82, 2.24) is 4.98 Å². The molecule has 2 unspecified atom stereocenters. The molecule has 3 heteroatoms. The van der Waals surface area contributed by atoms with Crippen molar-refractivity contribution < 1.29 is 0 Å². The van der Waals surface area contributed by atoms with Crippen LogP contribution in [0.5, 0.6) is 0 Å². The van der Waals surface area contributed by atoms with E-state index in [2.05, 4.69) is 34.7 Å². The quantitative estimate of drug-likeness (QED) is 0.849. The summed E-state index contributed by atoms with van der Waals surface area (Å²) in [5.41, 5.74) is 0. The van der Waals surface area contributed by atoms with Gasteiger partial charge in [-0.1, -0.05) is 13.3 Å². The zero-order valence-corrected chi connectivity index (χ0v) is 10.3. The molecule has 0 bridgehead atoms. The van der Waals surface area contributed by atoms with E-state index < -0.39 is 0 Å². The second-order valence-corrected chi connectivity index (χ2v) is 5.60. The first kappa shape index (κ1) is 10.1. The van der Waals surface area contributed by atoms with Gasteiger partial charge in [-0.05, 0) is 36.3 Å². The number of hydrogen-bond acceptors (Lipinski definition) is 3. The largest absolute Gasteiger partial charge is 0.367 e. The van der Waals surface area contributed by atoms with E-state index in [1.807, 2.05) is 6.20 Å². The summed E-state index contributed by atoms with van der Waals surface area (Å²) in [5, 5.41) is 7.02. The van der Waals surface area contributed by atoms with Crippen molar-refractivity contribution in [3.05, 3.63) is 23.7 Å². The van der Waals surface area contributed by atoms with Crippen LogP contribution in [0.1, 0.15) is 26.2 Å². The fraction of sp³-hybridized carbons (Fsp3) is 0.462. The third-order valence-corrected chi connectivity index (χ3v) is 4.45. The van der Waals surface area contributed by atoms with Crippen molar-refractivity contribution in [3.8, 4) is 0 Å². The fourth-order valence-electron chi connectivity index (χ4n) is 2.55. The van der Waals surface area contributed by atoms with Crippen LogP contribution in [0.4, 0.5) is 5.82 Å². The van der Waals surface area contributed by atoms with Gasteiger partial charge in [-0.3, -0.25) is 0 Å². The van der Waals surface area contributed by atoms with Gasteiger partial charge in [0.05, 0.1) is 0 Å². The highest BCUT2D eigenvalue weighted by atomic mass is 32.1. The lowest BCUT2D eigenvalue weighted by molar-refractivity contribution is 0.555. The second-order valence-electron chi connectivity index (χ2n) is 4.65. The molecule has 0 amide bonds. The molecule has 1 aliphatic carbocycles. The number of aromatic nitrogens is 1. The number of pyridine rings is 1. The standard InChI is InChI=1S/C13H16N2S/c1-9-3-2-4-11(9)15-13-10-6-8-16-12(10)5-7-14-13/h5-9,11H,2-4H2,1H3,(H,14,15). The molecular weight excluding hydrogens is 216 g/mol. The van der Waals surface area contributed by atoms with Crippen molar-refractivity contribution in [1.29, 1.82) is 0 Å². The lowest BCUT2D eigenvalue weighted by Crippen LogP contribution is -2.22. The molecule has 2 nitrogen and oxygen atoms in total. The first-order valence-corrected chi connectivity index (χ1v) is 6.81. The van der Waals surface area contributed by atoms with Gasteiger partial charge in [-0.15, -0.1) is 11.3 Å². The number of anilines is 1. The minimum atomic E-state index is 0.609. The third kappa shape index (κ3) is 1.69. The molecule has 1 fully saturated rings. The Morgan fingerprint density at radius 3 is 3.12 bits per heavy atom. The molecule has 0 spiro atoms. The van der Waals surface area contributed by atoms with Crippen LogP contribution < -0.4 is 5.32 Å². The van der Waals surface area contributed by atoms with Gasteiger partial charge < -0.3 is 5.32 Å². The highest BCUT2D eigenvalue weighted by molar-refractivity contribution is 7.17. The summed E-state index contributed by atoms with van der Waals surface area (Å²) >= 11 is 1.78. The minimum Gasteiger partial charge on any atom is -0.367 e. The van der Waals surface area contributed by atoms with Gasteiger partial charge in [0.1, 0.15) is 5.82 Å². The van der Waals surface area contributed by atoms with Gasteiger partial charge in [0.25, 0.3) is 0 Å². The van der Waals surface area contributed by atoms with Gasteiger partial charge >= 0.3 is 0 Å². The molecule has 84 valence electrons. The zero-order chi connectivity index (χ0) is 11.0. The smallest absolute Gasteiger partial charge is 0.134 e. The Labute approximate surface area is 99.7 Å². The fourth-order valence-corrected chi connectivity index (χ4v) is 3.33. The maximum atomic E-state index is 4.47. The Balaban J connectivity index is 1.91. The van der Waals surface area contributed by atoms with Crippen LogP contribution in [0.3, 0.4) is 0 Å². The van der Waals surface area contributed by atoms with Gasteiger partial charge in [0.2, 0.25) is 0 Å². The van der Waals surface area contributed by atoms with Gasteiger partial charge in [0, 0.05) is 22.3 Å². The minimum absolute atomic E-state index is 0.609. The first-order valence-electron chi connectivity index (χ1n) is 5.93. The Hall–Kier alpha value is -1.09. The van der Waals surface area contributed by atoms with Crippen LogP contribution in [0.2, 0.25) is 0 Å². The summed E-state index contributed by atoms with van der Waals surface area (Å²) < 4.78 is 1.32. The molecule has 2 heterocycles. The van der Waals surface area contributed by atoms with Crippen LogP contribution in [0, 0.1) is 5.92 Å². The lowest BCUT2D eigenvalue weighted by atomic mass is 10.1. The van der Waals surface area contributed by atoms with E-state index in [-0.39, 0.29) is 0 Å². The molecule has 0 saturated heterocycles. The van der Waals surface area contributed by atoms with E-state index in [1.54, 1.807) is 11.3 Å². The molecule has 1 aliphatic rings. The van der Waals surface area contributed by atoms with E-state index in [0.29, 0.717) is 6.04 Å². The molecule has 2 atom stereocenters. The average Bonchev–Trinajstić information content (AvgIpc) is 2.89. The molecule has 1 N–H and O–H groups in total. The Morgan fingerprint density at radius 1 is 1.38 bits per heavy atom. The van der Waals surface area contributed by atoms with Gasteiger partial charge in [0.15, 0.2) is 0 Å². The van der Waals surface area contributed by atoms with Crippen LogP contribution in [0.15, 0.2) is 23.7 Å². The van der Waals surface area contributed by atoms with E-state index >= 15 is 0 Å². The summed E-state index contributed by atoms with van der Waals surface area (Å²) in [4.78, 5) is 4.47. The van der Waals surface area contributed by atoms with Gasteiger partial charge in [-0.25, -0.2) is 4.98 Å². The molecule has 0 aliphatic heterocycles. The Kier molecular flexibility index (Phi) is 2.56. The Morgan fingerprint density at radius 2 is 2.31 bits per heavy atom. The third-order valence-electron chi connectivity index (χ3n) is 3.56. The van der Waals surface area contributed by atoms with E-state index in [0.717, 1.165) is 11.7 Å². The van der Waals surface area contributed by atoms with Crippen molar-refractivity contribution in [2.24, 2.45) is 5.92 Å². The number of rotatable bonds is 2.